The molecule has 0 radical (unpaired) electrons. The number of pyridine rings is 2. The maximum absolute atomic E-state index is 11.8. The Kier molecular flexibility index (Phi) is 3.37. The Labute approximate surface area is 107 Å². The highest BCUT2D eigenvalue weighted by Crippen LogP contribution is 2.15. The molecule has 0 fully saturated rings. The largest absolute Gasteiger partial charge is 0.505 e. The van der Waals surface area contributed by atoms with Gasteiger partial charge in [0.1, 0.15) is 11.6 Å². The standard InChI is InChI=1S/C12H9N3O4/c16-9-6-13-4-3-8(9)11(17)15-10-2-1-7(5-14-10)12(18)19/h1-6,16H,(H,18,19)(H,14,15,17). The smallest absolute Gasteiger partial charge is 0.337 e. The van der Waals surface area contributed by atoms with Crippen molar-refractivity contribution in [3.05, 3.63) is 47.9 Å². The lowest BCUT2D eigenvalue weighted by Crippen LogP contribution is -2.13. The fraction of sp³-hybridized carbons (Fsp3) is 0. The van der Waals surface area contributed by atoms with Gasteiger partial charge in [0.2, 0.25) is 0 Å². The minimum Gasteiger partial charge on any atom is -0.505 e. The zero-order valence-electron chi connectivity index (χ0n) is 9.57. The van der Waals surface area contributed by atoms with Gasteiger partial charge in [-0.05, 0) is 18.2 Å². The van der Waals surface area contributed by atoms with Gasteiger partial charge in [0, 0.05) is 12.4 Å². The molecule has 0 aliphatic carbocycles. The number of carbonyl (C=O) groups excluding carboxylic acids is 1. The molecule has 0 saturated heterocycles. The topological polar surface area (TPSA) is 112 Å². The first-order chi connectivity index (χ1) is 9.08. The Bertz CT molecular complexity index is 625. The van der Waals surface area contributed by atoms with Crippen molar-refractivity contribution in [2.24, 2.45) is 0 Å². The van der Waals surface area contributed by atoms with Crippen LogP contribution in [0.2, 0.25) is 0 Å². The Morgan fingerprint density at radius 2 is 1.95 bits per heavy atom. The molecule has 2 aromatic rings. The fourth-order valence-corrected chi connectivity index (χ4v) is 1.36. The van der Waals surface area contributed by atoms with Crippen LogP contribution in [0.3, 0.4) is 0 Å². The summed E-state index contributed by atoms with van der Waals surface area (Å²) >= 11 is 0. The summed E-state index contributed by atoms with van der Waals surface area (Å²) in [5.74, 6) is -1.72. The van der Waals surface area contributed by atoms with Crippen LogP contribution in [0, 0.1) is 0 Å². The van der Waals surface area contributed by atoms with Crippen LogP contribution in [0.25, 0.3) is 0 Å². The molecular weight excluding hydrogens is 250 g/mol. The first-order valence-corrected chi connectivity index (χ1v) is 5.21. The third-order valence-corrected chi connectivity index (χ3v) is 2.30. The van der Waals surface area contributed by atoms with Gasteiger partial charge in [0.15, 0.2) is 0 Å². The average molecular weight is 259 g/mol. The van der Waals surface area contributed by atoms with E-state index in [1.165, 1.54) is 24.4 Å². The summed E-state index contributed by atoms with van der Waals surface area (Å²) in [5, 5.41) is 20.6. The number of hydrogen-bond donors (Lipinski definition) is 3. The second-order valence-corrected chi connectivity index (χ2v) is 3.58. The Morgan fingerprint density at radius 1 is 1.16 bits per heavy atom. The first-order valence-electron chi connectivity index (χ1n) is 5.21. The van der Waals surface area contributed by atoms with Gasteiger partial charge in [0.05, 0.1) is 17.3 Å². The molecular formula is C12H9N3O4. The number of carbonyl (C=O) groups is 2. The van der Waals surface area contributed by atoms with Crippen LogP contribution in [0.5, 0.6) is 5.75 Å². The number of carboxylic acids is 1. The zero-order chi connectivity index (χ0) is 13.8. The van der Waals surface area contributed by atoms with Crippen molar-refractivity contribution < 1.29 is 19.8 Å². The molecule has 0 aromatic carbocycles. The molecule has 0 atom stereocenters. The Hall–Kier alpha value is -2.96. The number of amides is 1. The van der Waals surface area contributed by atoms with Gasteiger partial charge < -0.3 is 15.5 Å². The molecule has 0 saturated carbocycles. The predicted octanol–water partition coefficient (Wildman–Crippen LogP) is 1.13. The van der Waals surface area contributed by atoms with Gasteiger partial charge in [-0.1, -0.05) is 0 Å². The number of hydrogen-bond acceptors (Lipinski definition) is 5. The number of nitrogens with zero attached hydrogens (tertiary/aromatic N) is 2. The number of aromatic hydroxyl groups is 1. The third kappa shape index (κ3) is 2.83. The van der Waals surface area contributed by atoms with Crippen molar-refractivity contribution in [1.29, 1.82) is 0 Å². The molecule has 0 aliphatic heterocycles. The highest BCUT2D eigenvalue weighted by molar-refractivity contribution is 6.05. The van der Waals surface area contributed by atoms with Crippen molar-refractivity contribution in [2.75, 3.05) is 5.32 Å². The van der Waals surface area contributed by atoms with Gasteiger partial charge in [-0.3, -0.25) is 9.78 Å². The van der Waals surface area contributed by atoms with E-state index in [1.807, 2.05) is 0 Å². The van der Waals surface area contributed by atoms with Crippen LogP contribution in [0.1, 0.15) is 20.7 Å². The molecule has 1 amide bonds. The van der Waals surface area contributed by atoms with Crippen molar-refractivity contribution in [3.63, 3.8) is 0 Å². The van der Waals surface area contributed by atoms with Crippen molar-refractivity contribution in [3.8, 4) is 5.75 Å². The summed E-state index contributed by atoms with van der Waals surface area (Å²) in [5.41, 5.74) is 0.0730. The van der Waals surface area contributed by atoms with Crippen LogP contribution >= 0.6 is 0 Å². The molecule has 2 aromatic heterocycles. The maximum Gasteiger partial charge on any atom is 0.337 e. The lowest BCUT2D eigenvalue weighted by Gasteiger charge is -2.05. The molecule has 19 heavy (non-hydrogen) atoms. The number of carboxylic acid groups (broad SMARTS) is 1. The lowest BCUT2D eigenvalue weighted by molar-refractivity contribution is 0.0696. The van der Waals surface area contributed by atoms with Crippen molar-refractivity contribution >= 4 is 17.7 Å². The van der Waals surface area contributed by atoms with Crippen LogP contribution in [-0.4, -0.2) is 32.1 Å². The molecule has 0 unspecified atom stereocenters. The van der Waals surface area contributed by atoms with Crippen LogP contribution in [0.4, 0.5) is 5.82 Å². The molecule has 2 rings (SSSR count). The number of aromatic carboxylic acids is 1. The second kappa shape index (κ2) is 5.13. The normalized spacial score (nSPS) is 9.89. The Morgan fingerprint density at radius 3 is 2.53 bits per heavy atom. The minimum absolute atomic E-state index is 0.0183. The van der Waals surface area contributed by atoms with Crippen molar-refractivity contribution in [1.82, 2.24) is 9.97 Å². The van der Waals surface area contributed by atoms with E-state index in [9.17, 15) is 14.7 Å². The molecule has 7 heteroatoms. The van der Waals surface area contributed by atoms with E-state index in [0.29, 0.717) is 0 Å². The lowest BCUT2D eigenvalue weighted by atomic mass is 10.2. The van der Waals surface area contributed by atoms with Gasteiger partial charge >= 0.3 is 5.97 Å². The quantitative estimate of drug-likeness (QED) is 0.761. The molecule has 0 spiro atoms. The van der Waals surface area contributed by atoms with Crippen LogP contribution in [-0.2, 0) is 0 Å². The van der Waals surface area contributed by atoms with E-state index in [1.54, 1.807) is 0 Å². The molecule has 7 nitrogen and oxygen atoms in total. The number of aromatic nitrogens is 2. The van der Waals surface area contributed by atoms with Gasteiger partial charge in [-0.25, -0.2) is 9.78 Å². The third-order valence-electron chi connectivity index (χ3n) is 2.30. The van der Waals surface area contributed by atoms with Gasteiger partial charge in [0.25, 0.3) is 5.91 Å². The predicted molar refractivity (Wildman–Crippen MR) is 65.1 cm³/mol. The summed E-state index contributed by atoms with van der Waals surface area (Å²) in [4.78, 5) is 29.9. The van der Waals surface area contributed by atoms with Crippen LogP contribution < -0.4 is 5.32 Å². The number of anilines is 1. The van der Waals surface area contributed by atoms with E-state index in [-0.39, 0.29) is 22.7 Å². The highest BCUT2D eigenvalue weighted by atomic mass is 16.4. The fourth-order valence-electron chi connectivity index (χ4n) is 1.36. The number of rotatable bonds is 3. The minimum atomic E-state index is -1.10. The van der Waals surface area contributed by atoms with E-state index in [4.69, 9.17) is 5.11 Å². The van der Waals surface area contributed by atoms with E-state index in [2.05, 4.69) is 15.3 Å². The molecule has 96 valence electrons. The summed E-state index contributed by atoms with van der Waals surface area (Å²) in [6.07, 6.45) is 3.65. The van der Waals surface area contributed by atoms with Gasteiger partial charge in [-0.15, -0.1) is 0 Å². The molecule has 2 heterocycles. The number of nitrogens with one attached hydrogen (secondary N) is 1. The van der Waals surface area contributed by atoms with Gasteiger partial charge in [-0.2, -0.15) is 0 Å². The summed E-state index contributed by atoms with van der Waals surface area (Å²) in [7, 11) is 0. The second-order valence-electron chi connectivity index (χ2n) is 3.58. The monoisotopic (exact) mass is 259 g/mol. The van der Waals surface area contributed by atoms with E-state index in [0.717, 1.165) is 12.4 Å². The van der Waals surface area contributed by atoms with Crippen LogP contribution in [0.15, 0.2) is 36.8 Å². The van der Waals surface area contributed by atoms with Crippen molar-refractivity contribution in [2.45, 2.75) is 0 Å². The summed E-state index contributed by atoms with van der Waals surface area (Å²) in [6.45, 7) is 0. The zero-order valence-corrected chi connectivity index (χ0v) is 9.57. The SMILES string of the molecule is O=C(O)c1ccc(NC(=O)c2ccncc2O)nc1. The average Bonchev–Trinajstić information content (AvgIpc) is 2.39. The summed E-state index contributed by atoms with van der Waals surface area (Å²) in [6, 6.07) is 4.03. The maximum atomic E-state index is 11.8. The molecule has 3 N–H and O–H groups in total. The summed E-state index contributed by atoms with van der Waals surface area (Å²) < 4.78 is 0. The Balaban J connectivity index is 2.15. The first kappa shape index (κ1) is 12.5. The molecule has 0 aliphatic rings. The van der Waals surface area contributed by atoms with E-state index < -0.39 is 11.9 Å². The van der Waals surface area contributed by atoms with E-state index >= 15 is 0 Å². The molecule has 0 bridgehead atoms. The highest BCUT2D eigenvalue weighted by Gasteiger charge is 2.11.